The van der Waals surface area contributed by atoms with Crippen LogP contribution < -0.4 is 15.4 Å². The molecular formula is C20H21FN2O4. The summed E-state index contributed by atoms with van der Waals surface area (Å²) in [6.45, 7) is 1.50. The van der Waals surface area contributed by atoms with E-state index in [-0.39, 0.29) is 31.1 Å². The van der Waals surface area contributed by atoms with Gasteiger partial charge in [0.25, 0.3) is 0 Å². The number of amides is 2. The highest BCUT2D eigenvalue weighted by molar-refractivity contribution is 5.97. The number of hydrogen-bond acceptors (Lipinski definition) is 4. The van der Waals surface area contributed by atoms with Gasteiger partial charge in [-0.1, -0.05) is 0 Å². The van der Waals surface area contributed by atoms with Crippen molar-refractivity contribution >= 4 is 23.3 Å². The van der Waals surface area contributed by atoms with Crippen LogP contribution in [0.2, 0.25) is 0 Å². The molecule has 6 nitrogen and oxygen atoms in total. The van der Waals surface area contributed by atoms with Crippen molar-refractivity contribution in [3.8, 4) is 5.75 Å². The molecule has 0 aliphatic carbocycles. The Labute approximate surface area is 156 Å². The lowest BCUT2D eigenvalue weighted by Gasteiger charge is -2.23. The van der Waals surface area contributed by atoms with Crippen LogP contribution in [0.4, 0.5) is 10.1 Å². The van der Waals surface area contributed by atoms with E-state index in [9.17, 15) is 18.8 Å². The molecule has 2 aromatic carbocycles. The van der Waals surface area contributed by atoms with Crippen LogP contribution >= 0.6 is 0 Å². The number of carbonyl (C=O) groups is 3. The van der Waals surface area contributed by atoms with E-state index in [0.29, 0.717) is 22.6 Å². The lowest BCUT2D eigenvalue weighted by atomic mass is 10.0. The van der Waals surface area contributed by atoms with Gasteiger partial charge in [-0.2, -0.15) is 0 Å². The smallest absolute Gasteiger partial charge is 0.231 e. The first-order valence-electron chi connectivity index (χ1n) is 8.34. The largest absolute Gasteiger partial charge is 0.496 e. The van der Waals surface area contributed by atoms with Crippen LogP contribution in [0.5, 0.6) is 5.75 Å². The number of rotatable bonds is 8. The van der Waals surface area contributed by atoms with E-state index in [2.05, 4.69) is 0 Å². The van der Waals surface area contributed by atoms with Gasteiger partial charge in [0, 0.05) is 29.8 Å². The van der Waals surface area contributed by atoms with Crippen LogP contribution in [0, 0.1) is 5.82 Å². The highest BCUT2D eigenvalue weighted by Gasteiger charge is 2.19. The number of carbonyl (C=O) groups excluding carboxylic acids is 3. The Morgan fingerprint density at radius 2 is 1.78 bits per heavy atom. The van der Waals surface area contributed by atoms with Gasteiger partial charge in [-0.05, 0) is 49.4 Å². The Morgan fingerprint density at radius 3 is 2.33 bits per heavy atom. The number of ketones is 1. The Bertz CT molecular complexity index is 850. The van der Waals surface area contributed by atoms with Crippen molar-refractivity contribution in [1.82, 2.24) is 0 Å². The van der Waals surface area contributed by atoms with E-state index in [0.717, 1.165) is 0 Å². The molecule has 2 rings (SSSR count). The summed E-state index contributed by atoms with van der Waals surface area (Å²) in [5, 5.41) is 0. The number of Topliss-reactive ketones (excluding diaryl/α,β-unsaturated/α-hetero) is 1. The van der Waals surface area contributed by atoms with Gasteiger partial charge in [-0.15, -0.1) is 0 Å². The monoisotopic (exact) mass is 372 g/mol. The number of hydrogen-bond donors (Lipinski definition) is 1. The van der Waals surface area contributed by atoms with Crippen molar-refractivity contribution < 1.29 is 23.5 Å². The third-order valence-corrected chi connectivity index (χ3v) is 4.05. The van der Waals surface area contributed by atoms with E-state index in [1.807, 2.05) is 0 Å². The Balaban J connectivity index is 2.32. The number of nitrogens with two attached hydrogens (primary N) is 1. The zero-order chi connectivity index (χ0) is 20.0. The van der Waals surface area contributed by atoms with Gasteiger partial charge < -0.3 is 15.4 Å². The molecule has 0 heterocycles. The number of nitrogens with zero attached hydrogens (tertiary/aromatic N) is 1. The molecule has 0 atom stereocenters. The summed E-state index contributed by atoms with van der Waals surface area (Å²) in [4.78, 5) is 37.0. The molecule has 2 aromatic rings. The Kier molecular flexibility index (Phi) is 6.65. The molecule has 0 aliphatic heterocycles. The highest BCUT2D eigenvalue weighted by Crippen LogP contribution is 2.23. The van der Waals surface area contributed by atoms with Gasteiger partial charge in [-0.25, -0.2) is 4.39 Å². The van der Waals surface area contributed by atoms with E-state index >= 15 is 0 Å². The van der Waals surface area contributed by atoms with E-state index < -0.39 is 11.7 Å². The molecule has 2 N–H and O–H groups in total. The van der Waals surface area contributed by atoms with Crippen molar-refractivity contribution in [1.29, 1.82) is 0 Å². The second-order valence-electron chi connectivity index (χ2n) is 6.00. The van der Waals surface area contributed by atoms with Gasteiger partial charge in [0.1, 0.15) is 11.6 Å². The maximum atomic E-state index is 13.2. The fourth-order valence-electron chi connectivity index (χ4n) is 2.63. The SMILES string of the molecule is COc1ccc(C(C)=O)cc1CC(=O)N(CCC(N)=O)c1ccc(F)cc1. The summed E-state index contributed by atoms with van der Waals surface area (Å²) in [5.41, 5.74) is 6.65. The topological polar surface area (TPSA) is 89.7 Å². The highest BCUT2D eigenvalue weighted by atomic mass is 19.1. The molecule has 0 fully saturated rings. The number of benzene rings is 2. The molecule has 142 valence electrons. The summed E-state index contributed by atoms with van der Waals surface area (Å²) in [5.74, 6) is -0.970. The molecule has 0 saturated carbocycles. The maximum Gasteiger partial charge on any atom is 0.231 e. The molecule has 0 unspecified atom stereocenters. The fraction of sp³-hybridized carbons (Fsp3) is 0.250. The van der Waals surface area contributed by atoms with Crippen LogP contribution in [0.15, 0.2) is 42.5 Å². The normalized spacial score (nSPS) is 10.3. The average Bonchev–Trinajstić information content (AvgIpc) is 2.63. The van der Waals surface area contributed by atoms with E-state index in [1.54, 1.807) is 18.2 Å². The first-order chi connectivity index (χ1) is 12.8. The minimum Gasteiger partial charge on any atom is -0.496 e. The van der Waals surface area contributed by atoms with Crippen LogP contribution in [0.3, 0.4) is 0 Å². The first-order valence-corrected chi connectivity index (χ1v) is 8.34. The molecule has 7 heteroatoms. The third-order valence-electron chi connectivity index (χ3n) is 4.05. The van der Waals surface area contributed by atoms with Crippen LogP contribution in [-0.2, 0) is 16.0 Å². The molecule has 0 spiro atoms. The van der Waals surface area contributed by atoms with Crippen molar-refractivity contribution in [2.24, 2.45) is 5.73 Å². The van der Waals surface area contributed by atoms with Crippen LogP contribution in [-0.4, -0.2) is 31.3 Å². The third kappa shape index (κ3) is 5.37. The van der Waals surface area contributed by atoms with Crippen molar-refractivity contribution in [2.75, 3.05) is 18.6 Å². The van der Waals surface area contributed by atoms with Gasteiger partial charge in [0.05, 0.1) is 13.5 Å². The second kappa shape index (κ2) is 8.93. The van der Waals surface area contributed by atoms with E-state index in [1.165, 1.54) is 43.2 Å². The van der Waals surface area contributed by atoms with Gasteiger partial charge >= 0.3 is 0 Å². The minimum absolute atomic E-state index is 0.0340. The zero-order valence-electron chi connectivity index (χ0n) is 15.2. The summed E-state index contributed by atoms with van der Waals surface area (Å²) in [6.07, 6.45) is -0.0891. The fourth-order valence-corrected chi connectivity index (χ4v) is 2.63. The Morgan fingerprint density at radius 1 is 1.11 bits per heavy atom. The number of ether oxygens (including phenoxy) is 1. The summed E-state index contributed by atoms with van der Waals surface area (Å²) in [7, 11) is 1.47. The van der Waals surface area contributed by atoms with Crippen molar-refractivity contribution in [3.05, 3.63) is 59.4 Å². The van der Waals surface area contributed by atoms with Crippen molar-refractivity contribution in [3.63, 3.8) is 0 Å². The minimum atomic E-state index is -0.550. The van der Waals surface area contributed by atoms with Gasteiger partial charge in [-0.3, -0.25) is 14.4 Å². The maximum absolute atomic E-state index is 13.2. The number of primary amides is 1. The predicted molar refractivity (Wildman–Crippen MR) is 99.3 cm³/mol. The number of anilines is 1. The van der Waals surface area contributed by atoms with Crippen LogP contribution in [0.25, 0.3) is 0 Å². The number of methoxy groups -OCH3 is 1. The molecule has 0 bridgehead atoms. The molecular weight excluding hydrogens is 351 g/mol. The number of halogens is 1. The average molecular weight is 372 g/mol. The Hall–Kier alpha value is -3.22. The molecule has 2 amide bonds. The summed E-state index contributed by atoms with van der Waals surface area (Å²) in [6, 6.07) is 10.2. The standard InChI is InChI=1S/C20H21FN2O4/c1-13(24)14-3-8-18(27-2)15(11-14)12-20(26)23(10-9-19(22)25)17-6-4-16(21)5-7-17/h3-8,11H,9-10,12H2,1-2H3,(H2,22,25). The lowest BCUT2D eigenvalue weighted by molar-refractivity contribution is -0.118. The van der Waals surface area contributed by atoms with Crippen molar-refractivity contribution in [2.45, 2.75) is 19.8 Å². The van der Waals surface area contributed by atoms with Crippen LogP contribution in [0.1, 0.15) is 29.3 Å². The lowest BCUT2D eigenvalue weighted by Crippen LogP contribution is -2.35. The quantitative estimate of drug-likeness (QED) is 0.721. The summed E-state index contributed by atoms with van der Waals surface area (Å²) >= 11 is 0. The molecule has 0 aliphatic rings. The van der Waals surface area contributed by atoms with Gasteiger partial charge in [0.15, 0.2) is 5.78 Å². The molecule has 0 radical (unpaired) electrons. The molecule has 27 heavy (non-hydrogen) atoms. The zero-order valence-corrected chi connectivity index (χ0v) is 15.2. The van der Waals surface area contributed by atoms with E-state index in [4.69, 9.17) is 10.5 Å². The molecule has 0 aromatic heterocycles. The summed E-state index contributed by atoms with van der Waals surface area (Å²) < 4.78 is 18.5. The first kappa shape index (κ1) is 20.1. The molecule has 0 saturated heterocycles. The predicted octanol–water partition coefficient (Wildman–Crippen LogP) is 2.49. The second-order valence-corrected chi connectivity index (χ2v) is 6.00. The van der Waals surface area contributed by atoms with Gasteiger partial charge in [0.2, 0.25) is 11.8 Å².